The third-order valence-corrected chi connectivity index (χ3v) is 2.23. The molecule has 1 atom stereocenters. The molecule has 0 aliphatic rings. The Morgan fingerprint density at radius 2 is 2.00 bits per heavy atom. The number of allylic oxidation sites excluding steroid dienone is 1. The number of rotatable bonds is 6. The molecule has 1 radical (unpaired) electrons. The number of esters is 1. The van der Waals surface area contributed by atoms with Crippen LogP contribution in [0.3, 0.4) is 0 Å². The standard InChI is InChI=1S/C14H17O4/c1-3-4-11(2)18-14(16)10-17-13-7-5-12(9-15)6-8-13/h3-8,11H,9-10H2,1-2H3. The van der Waals surface area contributed by atoms with Crippen LogP contribution in [0.1, 0.15) is 19.4 Å². The van der Waals surface area contributed by atoms with Crippen molar-refractivity contribution in [2.45, 2.75) is 26.6 Å². The van der Waals surface area contributed by atoms with E-state index in [1.165, 1.54) is 0 Å². The average Bonchev–Trinajstić information content (AvgIpc) is 2.37. The van der Waals surface area contributed by atoms with E-state index in [4.69, 9.17) is 9.47 Å². The van der Waals surface area contributed by atoms with Crippen LogP contribution in [0.15, 0.2) is 36.4 Å². The molecule has 0 saturated heterocycles. The average molecular weight is 249 g/mol. The minimum absolute atomic E-state index is 0.140. The molecular formula is C14H17O4. The Kier molecular flexibility index (Phi) is 5.94. The first-order valence-electron chi connectivity index (χ1n) is 5.78. The van der Waals surface area contributed by atoms with E-state index >= 15 is 0 Å². The molecule has 0 spiro atoms. The van der Waals surface area contributed by atoms with Crippen LogP contribution in [0.2, 0.25) is 0 Å². The Morgan fingerprint density at radius 3 is 2.56 bits per heavy atom. The summed E-state index contributed by atoms with van der Waals surface area (Å²) in [4.78, 5) is 11.4. The molecule has 0 fully saturated rings. The van der Waals surface area contributed by atoms with Gasteiger partial charge >= 0.3 is 5.97 Å². The Bertz CT molecular complexity index is 395. The highest BCUT2D eigenvalue weighted by Gasteiger charge is 2.07. The number of hydrogen-bond acceptors (Lipinski definition) is 3. The lowest BCUT2D eigenvalue weighted by Gasteiger charge is -2.10. The minimum atomic E-state index is -0.423. The maximum atomic E-state index is 11.4. The predicted molar refractivity (Wildman–Crippen MR) is 66.7 cm³/mol. The van der Waals surface area contributed by atoms with Crippen molar-refractivity contribution in [1.82, 2.24) is 0 Å². The van der Waals surface area contributed by atoms with Gasteiger partial charge in [0, 0.05) is 0 Å². The van der Waals surface area contributed by atoms with Crippen molar-refractivity contribution in [3.05, 3.63) is 42.0 Å². The highest BCUT2D eigenvalue weighted by molar-refractivity contribution is 5.71. The zero-order chi connectivity index (χ0) is 13.4. The van der Waals surface area contributed by atoms with Crippen LogP contribution >= 0.6 is 0 Å². The van der Waals surface area contributed by atoms with Crippen LogP contribution in [0.25, 0.3) is 0 Å². The van der Waals surface area contributed by atoms with Crippen molar-refractivity contribution in [2.75, 3.05) is 6.61 Å². The summed E-state index contributed by atoms with van der Waals surface area (Å²) in [5.74, 6) is 0.122. The van der Waals surface area contributed by atoms with E-state index in [2.05, 4.69) is 0 Å². The molecule has 1 rings (SSSR count). The van der Waals surface area contributed by atoms with Crippen LogP contribution in [-0.4, -0.2) is 18.7 Å². The molecule has 1 aromatic carbocycles. The van der Waals surface area contributed by atoms with Gasteiger partial charge in [0.2, 0.25) is 0 Å². The van der Waals surface area contributed by atoms with E-state index in [0.29, 0.717) is 11.3 Å². The summed E-state index contributed by atoms with van der Waals surface area (Å²) in [6.07, 6.45) is 3.34. The van der Waals surface area contributed by atoms with Crippen LogP contribution < -0.4 is 4.74 Å². The zero-order valence-electron chi connectivity index (χ0n) is 10.6. The summed E-state index contributed by atoms with van der Waals surface area (Å²) in [6, 6.07) is 6.68. The largest absolute Gasteiger partial charge is 0.482 e. The van der Waals surface area contributed by atoms with Gasteiger partial charge in [-0.05, 0) is 37.6 Å². The van der Waals surface area contributed by atoms with E-state index in [0.717, 1.165) is 0 Å². The fraction of sp³-hybridized carbons (Fsp3) is 0.357. The molecule has 0 aliphatic carbocycles. The summed E-state index contributed by atoms with van der Waals surface area (Å²) < 4.78 is 10.3. The molecule has 1 aromatic rings. The maximum Gasteiger partial charge on any atom is 0.344 e. The van der Waals surface area contributed by atoms with Crippen molar-refractivity contribution < 1.29 is 19.4 Å². The van der Waals surface area contributed by atoms with E-state index in [9.17, 15) is 9.90 Å². The van der Waals surface area contributed by atoms with Gasteiger partial charge in [-0.25, -0.2) is 9.90 Å². The molecule has 0 N–H and O–H groups in total. The number of hydrogen-bond donors (Lipinski definition) is 0. The number of carbonyl (C=O) groups excluding carboxylic acids is 1. The molecule has 0 amide bonds. The van der Waals surface area contributed by atoms with E-state index in [1.807, 2.05) is 13.0 Å². The first kappa shape index (κ1) is 14.3. The molecule has 0 aromatic heterocycles. The first-order chi connectivity index (χ1) is 8.65. The van der Waals surface area contributed by atoms with Crippen molar-refractivity contribution in [1.29, 1.82) is 0 Å². The maximum absolute atomic E-state index is 11.4. The summed E-state index contributed by atoms with van der Waals surface area (Å²) >= 11 is 0. The second-order valence-corrected chi connectivity index (χ2v) is 3.80. The van der Waals surface area contributed by atoms with Crippen molar-refractivity contribution >= 4 is 5.97 Å². The molecule has 0 aliphatic heterocycles. The Balaban J connectivity index is 2.37. The monoisotopic (exact) mass is 249 g/mol. The molecule has 1 unspecified atom stereocenters. The SMILES string of the molecule is CC=CC(C)OC(=O)COc1ccc(C[O])cc1. The lowest BCUT2D eigenvalue weighted by molar-refractivity contribution is -0.148. The van der Waals surface area contributed by atoms with Crippen molar-refractivity contribution in [3.63, 3.8) is 0 Å². The van der Waals surface area contributed by atoms with Gasteiger partial charge in [0.25, 0.3) is 0 Å². The normalized spacial score (nSPS) is 12.4. The Labute approximate surface area is 107 Å². The summed E-state index contributed by atoms with van der Waals surface area (Å²) in [7, 11) is 0. The molecule has 18 heavy (non-hydrogen) atoms. The highest BCUT2D eigenvalue weighted by atomic mass is 16.6. The third kappa shape index (κ3) is 5.01. The van der Waals surface area contributed by atoms with Crippen LogP contribution in [0.5, 0.6) is 5.75 Å². The van der Waals surface area contributed by atoms with E-state index in [-0.39, 0.29) is 19.3 Å². The molecule has 4 heteroatoms. The fourth-order valence-corrected chi connectivity index (χ4v) is 1.38. The number of benzene rings is 1. The smallest absolute Gasteiger partial charge is 0.344 e. The van der Waals surface area contributed by atoms with Gasteiger partial charge in [-0.3, -0.25) is 0 Å². The topological polar surface area (TPSA) is 55.4 Å². The summed E-state index contributed by atoms with van der Waals surface area (Å²) in [5.41, 5.74) is 0.687. The highest BCUT2D eigenvalue weighted by Crippen LogP contribution is 2.12. The predicted octanol–water partition coefficient (Wildman–Crippen LogP) is 2.50. The molecule has 0 saturated carbocycles. The van der Waals surface area contributed by atoms with Gasteiger partial charge in [-0.1, -0.05) is 18.2 Å². The van der Waals surface area contributed by atoms with Crippen molar-refractivity contribution in [3.8, 4) is 5.75 Å². The lowest BCUT2D eigenvalue weighted by Crippen LogP contribution is -2.19. The Hall–Kier alpha value is -1.81. The van der Waals surface area contributed by atoms with Crippen LogP contribution in [0, 0.1) is 0 Å². The summed E-state index contributed by atoms with van der Waals surface area (Å²) in [5, 5.41) is 10.6. The van der Waals surface area contributed by atoms with Gasteiger partial charge in [0.15, 0.2) is 6.61 Å². The molecule has 4 nitrogen and oxygen atoms in total. The lowest BCUT2D eigenvalue weighted by atomic mass is 10.2. The number of carbonyl (C=O) groups is 1. The van der Waals surface area contributed by atoms with Crippen molar-refractivity contribution in [2.24, 2.45) is 0 Å². The molecular weight excluding hydrogens is 232 g/mol. The second kappa shape index (κ2) is 7.50. The van der Waals surface area contributed by atoms with Gasteiger partial charge in [0.1, 0.15) is 18.5 Å². The van der Waals surface area contributed by atoms with E-state index < -0.39 is 5.97 Å². The van der Waals surface area contributed by atoms with Gasteiger partial charge in [-0.2, -0.15) is 0 Å². The van der Waals surface area contributed by atoms with Gasteiger partial charge in [-0.15, -0.1) is 0 Å². The quantitative estimate of drug-likeness (QED) is 0.575. The zero-order valence-corrected chi connectivity index (χ0v) is 10.6. The van der Waals surface area contributed by atoms with Gasteiger partial charge in [0.05, 0.1) is 0 Å². The second-order valence-electron chi connectivity index (χ2n) is 3.80. The van der Waals surface area contributed by atoms with E-state index in [1.54, 1.807) is 37.3 Å². The van der Waals surface area contributed by atoms with Gasteiger partial charge < -0.3 is 9.47 Å². The first-order valence-corrected chi connectivity index (χ1v) is 5.78. The molecule has 0 bridgehead atoms. The molecule has 0 heterocycles. The van der Waals surface area contributed by atoms with Crippen LogP contribution in [0.4, 0.5) is 0 Å². The third-order valence-electron chi connectivity index (χ3n) is 2.23. The minimum Gasteiger partial charge on any atom is -0.482 e. The fourth-order valence-electron chi connectivity index (χ4n) is 1.38. The number of ether oxygens (including phenoxy) is 2. The Morgan fingerprint density at radius 1 is 1.33 bits per heavy atom. The molecule has 97 valence electrons. The van der Waals surface area contributed by atoms with Crippen LogP contribution in [-0.2, 0) is 21.2 Å². The summed E-state index contributed by atoms with van der Waals surface area (Å²) in [6.45, 7) is 3.24.